The van der Waals surface area contributed by atoms with Gasteiger partial charge in [-0.1, -0.05) is 0 Å². The minimum absolute atomic E-state index is 0.147. The van der Waals surface area contributed by atoms with E-state index >= 15 is 0 Å². The Labute approximate surface area is 155 Å². The second kappa shape index (κ2) is 6.16. The molecule has 0 radical (unpaired) electrons. The average Bonchev–Trinajstić information content (AvgIpc) is 3.19. The van der Waals surface area contributed by atoms with Gasteiger partial charge < -0.3 is 9.72 Å². The summed E-state index contributed by atoms with van der Waals surface area (Å²) in [5, 5.41) is 1.82. The smallest absolute Gasteiger partial charge is 0.349 e. The molecule has 1 aromatic carbocycles. The number of aromatic amines is 1. The van der Waals surface area contributed by atoms with Gasteiger partial charge in [0.25, 0.3) is 5.56 Å². The molecule has 126 valence electrons. The zero-order valence-electron chi connectivity index (χ0n) is 13.2. The molecule has 0 atom stereocenters. The summed E-state index contributed by atoms with van der Waals surface area (Å²) in [4.78, 5) is 29.0. The summed E-state index contributed by atoms with van der Waals surface area (Å²) < 4.78 is 7.39. The van der Waals surface area contributed by atoms with E-state index in [0.29, 0.717) is 20.8 Å². The van der Waals surface area contributed by atoms with E-state index in [2.05, 4.69) is 20.9 Å². The largest absolute Gasteiger partial charge is 0.462 e. The van der Waals surface area contributed by atoms with Gasteiger partial charge in [0.15, 0.2) is 0 Å². The Kier molecular flexibility index (Phi) is 3.97. The monoisotopic (exact) mass is 416 g/mol. The number of halogens is 1. The summed E-state index contributed by atoms with van der Waals surface area (Å²) in [6.45, 7) is 2.07. The molecule has 25 heavy (non-hydrogen) atoms. The van der Waals surface area contributed by atoms with Gasteiger partial charge in [-0.05, 0) is 53.2 Å². The summed E-state index contributed by atoms with van der Waals surface area (Å²) in [5.74, 6) is -0.393. The van der Waals surface area contributed by atoms with Crippen LogP contribution in [0.2, 0.25) is 0 Å². The number of esters is 1. The molecule has 7 heteroatoms. The molecule has 0 aliphatic carbocycles. The molecule has 0 unspecified atom stereocenters. The lowest BCUT2D eigenvalue weighted by molar-refractivity contribution is 0.0531. The van der Waals surface area contributed by atoms with Crippen LogP contribution in [0.5, 0.6) is 0 Å². The SMILES string of the molecule is CCOC(=O)c1sc2c(ccc(=O)n2-c2ccc3[nH]ccc3c2)c1Br. The Morgan fingerprint density at radius 3 is 2.92 bits per heavy atom. The van der Waals surface area contributed by atoms with Gasteiger partial charge in [-0.25, -0.2) is 4.79 Å². The van der Waals surface area contributed by atoms with Crippen molar-refractivity contribution in [1.29, 1.82) is 0 Å². The van der Waals surface area contributed by atoms with Crippen LogP contribution >= 0.6 is 27.3 Å². The molecule has 3 aromatic heterocycles. The number of pyridine rings is 1. The van der Waals surface area contributed by atoms with Crippen molar-refractivity contribution in [2.24, 2.45) is 0 Å². The van der Waals surface area contributed by atoms with Crippen LogP contribution < -0.4 is 5.56 Å². The molecule has 4 aromatic rings. The van der Waals surface area contributed by atoms with E-state index in [1.807, 2.05) is 30.5 Å². The highest BCUT2D eigenvalue weighted by molar-refractivity contribution is 9.10. The van der Waals surface area contributed by atoms with E-state index in [1.54, 1.807) is 17.6 Å². The van der Waals surface area contributed by atoms with E-state index in [9.17, 15) is 9.59 Å². The number of nitrogens with zero attached hydrogens (tertiary/aromatic N) is 1. The maximum atomic E-state index is 12.6. The first-order chi connectivity index (χ1) is 12.1. The zero-order chi connectivity index (χ0) is 17.6. The summed E-state index contributed by atoms with van der Waals surface area (Å²) in [5.41, 5.74) is 1.61. The van der Waals surface area contributed by atoms with E-state index in [0.717, 1.165) is 22.0 Å². The minimum Gasteiger partial charge on any atom is -0.462 e. The topological polar surface area (TPSA) is 64.1 Å². The van der Waals surface area contributed by atoms with Gasteiger partial charge in [0, 0.05) is 28.6 Å². The van der Waals surface area contributed by atoms with Crippen LogP contribution in [0.15, 0.2) is 51.9 Å². The van der Waals surface area contributed by atoms with Crippen LogP contribution in [-0.2, 0) is 4.74 Å². The number of rotatable bonds is 3. The van der Waals surface area contributed by atoms with Crippen LogP contribution in [0.3, 0.4) is 0 Å². The maximum Gasteiger partial charge on any atom is 0.349 e. The van der Waals surface area contributed by atoms with Crippen molar-refractivity contribution in [3.8, 4) is 5.69 Å². The van der Waals surface area contributed by atoms with Crippen molar-refractivity contribution >= 4 is 54.4 Å². The number of fused-ring (bicyclic) bond motifs is 2. The van der Waals surface area contributed by atoms with Gasteiger partial charge in [-0.15, -0.1) is 11.3 Å². The Bertz CT molecular complexity index is 1170. The van der Waals surface area contributed by atoms with E-state index in [4.69, 9.17) is 4.74 Å². The van der Waals surface area contributed by atoms with Gasteiger partial charge in [0.1, 0.15) is 9.71 Å². The molecular weight excluding hydrogens is 404 g/mol. The predicted octanol–water partition coefficient (Wildman–Crippen LogP) is 4.47. The third kappa shape index (κ3) is 2.60. The Morgan fingerprint density at radius 2 is 2.12 bits per heavy atom. The first-order valence-corrected chi connectivity index (χ1v) is 9.30. The number of thiophene rings is 1. The molecule has 1 N–H and O–H groups in total. The Morgan fingerprint density at radius 1 is 1.28 bits per heavy atom. The van der Waals surface area contributed by atoms with Gasteiger partial charge in [-0.3, -0.25) is 9.36 Å². The summed E-state index contributed by atoms with van der Waals surface area (Å²) in [6, 6.07) is 11.0. The predicted molar refractivity (Wildman–Crippen MR) is 103 cm³/mol. The van der Waals surface area contributed by atoms with Crippen molar-refractivity contribution in [2.45, 2.75) is 6.92 Å². The fraction of sp³-hybridized carbons (Fsp3) is 0.111. The number of hydrogen-bond acceptors (Lipinski definition) is 4. The number of H-pyrrole nitrogens is 1. The highest BCUT2D eigenvalue weighted by Crippen LogP contribution is 2.36. The van der Waals surface area contributed by atoms with Crippen molar-refractivity contribution in [1.82, 2.24) is 9.55 Å². The van der Waals surface area contributed by atoms with Crippen LogP contribution in [0.4, 0.5) is 0 Å². The van der Waals surface area contributed by atoms with E-state index in [-0.39, 0.29) is 5.56 Å². The standard InChI is InChI=1S/C18H13BrN2O3S/c1-2-24-18(23)16-15(19)12-4-6-14(22)21(17(12)25-16)11-3-5-13-10(9-11)7-8-20-13/h3-9,20H,2H2,1H3. The van der Waals surface area contributed by atoms with Gasteiger partial charge in [0.05, 0.1) is 16.8 Å². The number of ether oxygens (including phenoxy) is 1. The molecule has 0 fully saturated rings. The molecular formula is C18H13BrN2O3S. The molecule has 4 rings (SSSR count). The van der Waals surface area contributed by atoms with E-state index < -0.39 is 5.97 Å². The average molecular weight is 417 g/mol. The van der Waals surface area contributed by atoms with Gasteiger partial charge in [-0.2, -0.15) is 0 Å². The molecule has 3 heterocycles. The molecule has 0 aliphatic heterocycles. The van der Waals surface area contributed by atoms with Crippen molar-refractivity contribution < 1.29 is 9.53 Å². The summed E-state index contributed by atoms with van der Waals surface area (Å²) >= 11 is 4.73. The highest BCUT2D eigenvalue weighted by atomic mass is 79.9. The third-order valence-corrected chi connectivity index (χ3v) is 6.19. The molecule has 0 aliphatic rings. The Balaban J connectivity index is 1.99. The van der Waals surface area contributed by atoms with Crippen molar-refractivity contribution in [2.75, 3.05) is 6.61 Å². The molecule has 0 bridgehead atoms. The number of aromatic nitrogens is 2. The fourth-order valence-corrected chi connectivity index (χ4v) is 4.76. The molecule has 0 amide bonds. The number of benzene rings is 1. The lowest BCUT2D eigenvalue weighted by Gasteiger charge is -2.07. The minimum atomic E-state index is -0.393. The molecule has 0 saturated carbocycles. The number of hydrogen-bond donors (Lipinski definition) is 1. The van der Waals surface area contributed by atoms with E-state index in [1.165, 1.54) is 17.4 Å². The van der Waals surface area contributed by atoms with Crippen LogP contribution in [0.25, 0.3) is 26.8 Å². The second-order valence-corrected chi connectivity index (χ2v) is 7.23. The highest BCUT2D eigenvalue weighted by Gasteiger charge is 2.20. The second-order valence-electron chi connectivity index (χ2n) is 5.44. The first kappa shape index (κ1) is 16.1. The normalized spacial score (nSPS) is 11.3. The third-order valence-electron chi connectivity index (χ3n) is 3.94. The van der Waals surface area contributed by atoms with Crippen molar-refractivity contribution in [3.63, 3.8) is 0 Å². The number of carbonyl (C=O) groups is 1. The number of carbonyl (C=O) groups excluding carboxylic acids is 1. The van der Waals surface area contributed by atoms with Gasteiger partial charge in [0.2, 0.25) is 0 Å². The molecule has 5 nitrogen and oxygen atoms in total. The molecule has 0 spiro atoms. The lowest BCUT2D eigenvalue weighted by atomic mass is 10.2. The Hall–Kier alpha value is -2.38. The fourth-order valence-electron chi connectivity index (χ4n) is 2.80. The molecule has 0 saturated heterocycles. The maximum absolute atomic E-state index is 12.6. The van der Waals surface area contributed by atoms with Crippen LogP contribution in [-0.4, -0.2) is 22.1 Å². The first-order valence-electron chi connectivity index (χ1n) is 7.69. The van der Waals surface area contributed by atoms with Crippen LogP contribution in [0.1, 0.15) is 16.6 Å². The van der Waals surface area contributed by atoms with Gasteiger partial charge >= 0.3 is 5.97 Å². The zero-order valence-corrected chi connectivity index (χ0v) is 15.6. The van der Waals surface area contributed by atoms with Crippen molar-refractivity contribution in [3.05, 3.63) is 62.3 Å². The summed E-state index contributed by atoms with van der Waals surface area (Å²) in [7, 11) is 0. The van der Waals surface area contributed by atoms with Crippen LogP contribution in [0, 0.1) is 0 Å². The number of nitrogens with one attached hydrogen (secondary N) is 1. The summed E-state index contributed by atoms with van der Waals surface area (Å²) in [6.07, 6.45) is 1.86. The lowest BCUT2D eigenvalue weighted by Crippen LogP contribution is -2.16. The quantitative estimate of drug-likeness (QED) is 0.501.